The second-order valence-corrected chi connectivity index (χ2v) is 11.9. The Morgan fingerprint density at radius 3 is 2.23 bits per heavy atom. The van der Waals surface area contributed by atoms with Crippen molar-refractivity contribution in [2.24, 2.45) is 23.7 Å². The quantitative estimate of drug-likeness (QED) is 0.356. The lowest BCUT2D eigenvalue weighted by Crippen LogP contribution is -2.26. The van der Waals surface area contributed by atoms with Crippen molar-refractivity contribution in [3.05, 3.63) is 84.0 Å². The summed E-state index contributed by atoms with van der Waals surface area (Å²) in [7, 11) is 0. The predicted octanol–water partition coefficient (Wildman–Crippen LogP) is 10.1. The second-order valence-electron chi connectivity index (χ2n) is 11.9. The first kappa shape index (κ1) is 24.6. The van der Waals surface area contributed by atoms with E-state index < -0.39 is 0 Å². The van der Waals surface area contributed by atoms with Crippen LogP contribution in [0.3, 0.4) is 0 Å². The number of fused-ring (bicyclic) bond motifs is 1. The van der Waals surface area contributed by atoms with Crippen LogP contribution in [0.2, 0.25) is 0 Å². The van der Waals surface area contributed by atoms with Gasteiger partial charge in [-0.3, -0.25) is 0 Å². The van der Waals surface area contributed by atoms with E-state index in [1.807, 2.05) is 0 Å². The Morgan fingerprint density at radius 1 is 0.771 bits per heavy atom. The smallest absolute Gasteiger partial charge is 0.0162 e. The highest BCUT2D eigenvalue weighted by Crippen LogP contribution is 2.41. The summed E-state index contributed by atoms with van der Waals surface area (Å²) in [5.74, 6) is 4.40. The van der Waals surface area contributed by atoms with Crippen molar-refractivity contribution in [3.63, 3.8) is 0 Å². The molecule has 1 unspecified atom stereocenters. The van der Waals surface area contributed by atoms with Crippen molar-refractivity contribution in [2.75, 3.05) is 0 Å². The van der Waals surface area contributed by atoms with E-state index in [-0.39, 0.29) is 0 Å². The van der Waals surface area contributed by atoms with Crippen LogP contribution in [0.1, 0.15) is 100 Å². The van der Waals surface area contributed by atoms with E-state index in [0.29, 0.717) is 0 Å². The molecule has 0 radical (unpaired) electrons. The summed E-state index contributed by atoms with van der Waals surface area (Å²) in [6.07, 6.45) is 24.5. The van der Waals surface area contributed by atoms with E-state index in [1.165, 1.54) is 94.6 Å². The zero-order valence-electron chi connectivity index (χ0n) is 22.1. The van der Waals surface area contributed by atoms with Gasteiger partial charge in [-0.05, 0) is 135 Å². The van der Waals surface area contributed by atoms with Crippen LogP contribution in [0.15, 0.2) is 67.3 Å². The molecule has 2 aromatic carbocycles. The molecule has 3 aliphatic carbocycles. The molecule has 186 valence electrons. The molecule has 0 aliphatic heterocycles. The summed E-state index contributed by atoms with van der Waals surface area (Å²) < 4.78 is 0. The molecule has 0 heterocycles. The highest BCUT2D eigenvalue weighted by atomic mass is 14.3. The first-order chi connectivity index (χ1) is 17.2. The molecule has 0 amide bonds. The molecule has 0 nitrogen and oxygen atoms in total. The van der Waals surface area contributed by atoms with Crippen molar-refractivity contribution >= 4 is 0 Å². The number of aryl methyl sites for hydroxylation is 1. The van der Waals surface area contributed by atoms with Gasteiger partial charge in [-0.1, -0.05) is 73.5 Å². The Balaban J connectivity index is 1.18. The van der Waals surface area contributed by atoms with E-state index in [2.05, 4.69) is 74.2 Å². The minimum absolute atomic E-state index is 0.753. The SMILES string of the molecule is C=CCCC1CCC(C2CCc3cc(-c4ccc(C5CCC(/C=C/C)CC5)cc4)ccc3C2)CC1. The minimum Gasteiger partial charge on any atom is -0.103 e. The molecular formula is C35H46. The molecular weight excluding hydrogens is 420 g/mol. The fourth-order valence-corrected chi connectivity index (χ4v) is 7.53. The van der Waals surface area contributed by atoms with Gasteiger partial charge in [0.2, 0.25) is 0 Å². The first-order valence-electron chi connectivity index (χ1n) is 14.7. The van der Waals surface area contributed by atoms with Gasteiger partial charge >= 0.3 is 0 Å². The van der Waals surface area contributed by atoms with E-state index in [1.54, 1.807) is 16.7 Å². The van der Waals surface area contributed by atoms with Gasteiger partial charge in [-0.2, -0.15) is 0 Å². The Bertz CT molecular complexity index is 977. The van der Waals surface area contributed by atoms with Gasteiger partial charge < -0.3 is 0 Å². The Hall–Kier alpha value is -2.08. The van der Waals surface area contributed by atoms with Crippen molar-refractivity contribution in [1.29, 1.82) is 0 Å². The van der Waals surface area contributed by atoms with Gasteiger partial charge in [0, 0.05) is 0 Å². The number of hydrogen-bond donors (Lipinski definition) is 0. The molecule has 0 spiro atoms. The zero-order chi connectivity index (χ0) is 24.0. The fraction of sp³-hybridized carbons (Fsp3) is 0.543. The maximum atomic E-state index is 3.91. The molecule has 0 saturated heterocycles. The largest absolute Gasteiger partial charge is 0.103 e. The van der Waals surface area contributed by atoms with Crippen LogP contribution in [0, 0.1) is 23.7 Å². The van der Waals surface area contributed by atoms with E-state index in [9.17, 15) is 0 Å². The van der Waals surface area contributed by atoms with E-state index in [0.717, 1.165) is 29.6 Å². The van der Waals surface area contributed by atoms with Crippen LogP contribution in [0.4, 0.5) is 0 Å². The molecule has 2 fully saturated rings. The van der Waals surface area contributed by atoms with Crippen LogP contribution in [-0.2, 0) is 12.8 Å². The highest BCUT2D eigenvalue weighted by Gasteiger charge is 2.30. The number of benzene rings is 2. The number of allylic oxidation sites excluding steroid dienone is 3. The number of hydrogen-bond acceptors (Lipinski definition) is 0. The highest BCUT2D eigenvalue weighted by molar-refractivity contribution is 5.65. The molecule has 0 bridgehead atoms. The molecule has 0 heteroatoms. The van der Waals surface area contributed by atoms with Crippen molar-refractivity contribution in [1.82, 2.24) is 0 Å². The van der Waals surface area contributed by atoms with Gasteiger partial charge in [0.1, 0.15) is 0 Å². The van der Waals surface area contributed by atoms with Crippen molar-refractivity contribution in [2.45, 2.75) is 96.3 Å². The zero-order valence-corrected chi connectivity index (χ0v) is 22.1. The summed E-state index contributed by atoms with van der Waals surface area (Å²) in [6, 6.07) is 17.0. The van der Waals surface area contributed by atoms with Crippen LogP contribution < -0.4 is 0 Å². The maximum Gasteiger partial charge on any atom is -0.0162 e. The number of rotatable bonds is 7. The summed E-state index contributed by atoms with van der Waals surface area (Å²) in [4.78, 5) is 0. The van der Waals surface area contributed by atoms with Crippen molar-refractivity contribution < 1.29 is 0 Å². The topological polar surface area (TPSA) is 0 Å². The lowest BCUT2D eigenvalue weighted by molar-refractivity contribution is 0.185. The van der Waals surface area contributed by atoms with Crippen molar-refractivity contribution in [3.8, 4) is 11.1 Å². The Morgan fingerprint density at radius 2 is 1.51 bits per heavy atom. The van der Waals surface area contributed by atoms with Crippen LogP contribution in [-0.4, -0.2) is 0 Å². The maximum absolute atomic E-state index is 3.91. The summed E-state index contributed by atoms with van der Waals surface area (Å²) in [6.45, 7) is 6.06. The summed E-state index contributed by atoms with van der Waals surface area (Å²) in [5.41, 5.74) is 7.60. The van der Waals surface area contributed by atoms with Gasteiger partial charge in [-0.15, -0.1) is 6.58 Å². The van der Waals surface area contributed by atoms with Gasteiger partial charge in [-0.25, -0.2) is 0 Å². The Kier molecular flexibility index (Phi) is 8.27. The predicted molar refractivity (Wildman–Crippen MR) is 152 cm³/mol. The van der Waals surface area contributed by atoms with Gasteiger partial charge in [0.25, 0.3) is 0 Å². The van der Waals surface area contributed by atoms with Crippen LogP contribution >= 0.6 is 0 Å². The van der Waals surface area contributed by atoms with E-state index in [4.69, 9.17) is 0 Å². The Labute approximate surface area is 214 Å². The fourth-order valence-electron chi connectivity index (χ4n) is 7.53. The lowest BCUT2D eigenvalue weighted by atomic mass is 9.69. The molecule has 3 aliphatic rings. The summed E-state index contributed by atoms with van der Waals surface area (Å²) in [5, 5.41) is 0. The molecule has 5 rings (SSSR count). The standard InChI is InChI=1S/C35H46/c1-3-5-7-27-10-14-30(15-11-27)32-20-22-35-25-33(21-23-34(35)24-32)31-18-16-29(17-19-31)28-12-8-26(6-4-2)9-13-28/h3-4,6,16-19,21,23,25-28,30,32H,1,5,7-15,20,22,24H2,2H3/b6-4+. The molecule has 0 N–H and O–H groups in total. The molecule has 1 atom stereocenters. The van der Waals surface area contributed by atoms with Gasteiger partial charge in [0.05, 0.1) is 0 Å². The first-order valence-corrected chi connectivity index (χ1v) is 14.7. The lowest BCUT2D eigenvalue weighted by Gasteiger charge is -2.36. The third-order valence-corrected chi connectivity index (χ3v) is 9.76. The molecule has 2 aromatic rings. The summed E-state index contributed by atoms with van der Waals surface area (Å²) >= 11 is 0. The molecule has 2 saturated carbocycles. The average Bonchev–Trinajstić information content (AvgIpc) is 2.92. The van der Waals surface area contributed by atoms with Crippen LogP contribution in [0.25, 0.3) is 11.1 Å². The van der Waals surface area contributed by atoms with Gasteiger partial charge in [0.15, 0.2) is 0 Å². The average molecular weight is 467 g/mol. The monoisotopic (exact) mass is 466 g/mol. The minimum atomic E-state index is 0.753. The van der Waals surface area contributed by atoms with E-state index >= 15 is 0 Å². The molecule has 35 heavy (non-hydrogen) atoms. The normalized spacial score (nSPS) is 29.1. The molecule has 0 aromatic heterocycles. The second kappa shape index (κ2) is 11.8. The third kappa shape index (κ3) is 6.02. The van der Waals surface area contributed by atoms with Crippen LogP contribution in [0.5, 0.6) is 0 Å². The third-order valence-electron chi connectivity index (χ3n) is 9.76.